The fourth-order valence-electron chi connectivity index (χ4n) is 4.16. The summed E-state index contributed by atoms with van der Waals surface area (Å²) in [5.74, 6) is -0.526. The summed E-state index contributed by atoms with van der Waals surface area (Å²) in [7, 11) is 1.48. The van der Waals surface area contributed by atoms with Gasteiger partial charge in [-0.3, -0.25) is 9.78 Å². The maximum atomic E-state index is 14.1. The molecule has 3 heterocycles. The molecule has 35 heavy (non-hydrogen) atoms. The number of halogens is 3. The summed E-state index contributed by atoms with van der Waals surface area (Å²) >= 11 is 0. The van der Waals surface area contributed by atoms with Crippen molar-refractivity contribution in [3.8, 4) is 17.0 Å². The number of nitrogens with one attached hydrogen (secondary N) is 3. The fraction of sp³-hybridized carbons (Fsp3) is 0.240. The number of ether oxygens (including phenoxy) is 1. The molecule has 0 saturated carbocycles. The van der Waals surface area contributed by atoms with Gasteiger partial charge in [0.15, 0.2) is 0 Å². The predicted molar refractivity (Wildman–Crippen MR) is 126 cm³/mol. The van der Waals surface area contributed by atoms with Gasteiger partial charge in [0, 0.05) is 37.3 Å². The van der Waals surface area contributed by atoms with E-state index in [1.165, 1.54) is 19.2 Å². The second-order valence-electron chi connectivity index (χ2n) is 8.39. The molecule has 2 atom stereocenters. The lowest BCUT2D eigenvalue weighted by Crippen LogP contribution is -2.29. The summed E-state index contributed by atoms with van der Waals surface area (Å²) in [6.45, 7) is 0.748. The van der Waals surface area contributed by atoms with Crippen molar-refractivity contribution in [2.24, 2.45) is 0 Å². The summed E-state index contributed by atoms with van der Waals surface area (Å²) in [5.41, 5.74) is 2.15. The lowest BCUT2D eigenvalue weighted by Gasteiger charge is -2.18. The molecule has 2 aromatic carbocycles. The Bertz CT molecular complexity index is 1420. The van der Waals surface area contributed by atoms with Crippen molar-refractivity contribution in [1.29, 1.82) is 0 Å². The minimum Gasteiger partial charge on any atom is -0.495 e. The average Bonchev–Trinajstić information content (AvgIpc) is 3.23. The molecule has 1 aliphatic heterocycles. The molecule has 0 amide bonds. The Labute approximate surface area is 198 Å². The van der Waals surface area contributed by atoms with Gasteiger partial charge in [-0.05, 0) is 35.9 Å². The van der Waals surface area contributed by atoms with Crippen LogP contribution in [0.3, 0.4) is 0 Å². The highest BCUT2D eigenvalue weighted by molar-refractivity contribution is 5.85. The van der Waals surface area contributed by atoms with E-state index in [-0.39, 0.29) is 18.5 Å². The maximum Gasteiger partial charge on any atom is 0.258 e. The number of fused-ring (bicyclic) bond motifs is 1. The molecule has 180 valence electrons. The number of aromatic nitrogens is 3. The van der Waals surface area contributed by atoms with Crippen molar-refractivity contribution in [3.63, 3.8) is 0 Å². The van der Waals surface area contributed by atoms with Crippen LogP contribution < -0.4 is 20.9 Å². The Morgan fingerprint density at radius 1 is 1.11 bits per heavy atom. The molecular weight excluding hydrogens is 459 g/mol. The number of alkyl halides is 1. The lowest BCUT2D eigenvalue weighted by molar-refractivity contribution is 0.341. The third-order valence-corrected chi connectivity index (χ3v) is 5.91. The van der Waals surface area contributed by atoms with Crippen LogP contribution in [0.4, 0.5) is 18.9 Å². The minimum atomic E-state index is -1.04. The molecule has 0 radical (unpaired) electrons. The highest BCUT2D eigenvalue weighted by Gasteiger charge is 2.27. The van der Waals surface area contributed by atoms with Crippen molar-refractivity contribution in [2.75, 3.05) is 25.5 Å². The van der Waals surface area contributed by atoms with Crippen LogP contribution in [-0.4, -0.2) is 47.4 Å². The zero-order valence-corrected chi connectivity index (χ0v) is 18.7. The van der Waals surface area contributed by atoms with E-state index < -0.39 is 23.8 Å². The summed E-state index contributed by atoms with van der Waals surface area (Å²) in [6.07, 6.45) is 0.805. The number of benzene rings is 2. The van der Waals surface area contributed by atoms with Crippen molar-refractivity contribution >= 4 is 16.6 Å². The van der Waals surface area contributed by atoms with Crippen LogP contribution in [0.5, 0.6) is 5.75 Å². The van der Waals surface area contributed by atoms with Gasteiger partial charge in [0.1, 0.15) is 29.4 Å². The van der Waals surface area contributed by atoms with Gasteiger partial charge in [-0.15, -0.1) is 0 Å². The van der Waals surface area contributed by atoms with E-state index in [0.717, 1.165) is 11.6 Å². The van der Waals surface area contributed by atoms with Crippen molar-refractivity contribution in [2.45, 2.75) is 18.6 Å². The Balaban J connectivity index is 1.42. The van der Waals surface area contributed by atoms with Gasteiger partial charge in [0.2, 0.25) is 0 Å². The summed E-state index contributed by atoms with van der Waals surface area (Å²) in [6, 6.07) is 9.47. The Kier molecular flexibility index (Phi) is 6.12. The second-order valence-corrected chi connectivity index (χ2v) is 8.39. The maximum absolute atomic E-state index is 14.1. The van der Waals surface area contributed by atoms with Crippen LogP contribution in [0.15, 0.2) is 53.5 Å². The molecule has 0 bridgehead atoms. The normalized spacial score (nSPS) is 17.6. The molecule has 7 nitrogen and oxygen atoms in total. The first-order valence-corrected chi connectivity index (χ1v) is 11.0. The molecule has 0 aliphatic carbocycles. The van der Waals surface area contributed by atoms with E-state index in [0.29, 0.717) is 46.0 Å². The number of pyridine rings is 1. The van der Waals surface area contributed by atoms with Crippen LogP contribution in [0, 0.1) is 11.6 Å². The van der Waals surface area contributed by atoms with Gasteiger partial charge in [0.05, 0.1) is 35.4 Å². The molecule has 1 saturated heterocycles. The van der Waals surface area contributed by atoms with E-state index in [9.17, 15) is 18.0 Å². The Morgan fingerprint density at radius 2 is 1.91 bits per heavy atom. The Morgan fingerprint density at radius 3 is 2.57 bits per heavy atom. The number of H-pyrrole nitrogens is 1. The first kappa shape index (κ1) is 22.9. The molecular formula is C25H22F3N5O2. The van der Waals surface area contributed by atoms with Crippen molar-refractivity contribution < 1.29 is 17.9 Å². The molecule has 2 aromatic heterocycles. The largest absolute Gasteiger partial charge is 0.495 e. The van der Waals surface area contributed by atoms with Gasteiger partial charge in [-0.25, -0.2) is 18.2 Å². The third kappa shape index (κ3) is 4.83. The van der Waals surface area contributed by atoms with Crippen LogP contribution in [0.25, 0.3) is 22.2 Å². The van der Waals surface area contributed by atoms with Gasteiger partial charge < -0.3 is 20.4 Å². The quantitative estimate of drug-likeness (QED) is 0.390. The molecule has 1 aliphatic rings. The summed E-state index contributed by atoms with van der Waals surface area (Å²) < 4.78 is 46.5. The monoisotopic (exact) mass is 481 g/mol. The number of nitrogens with zero attached hydrogens (tertiary/aromatic N) is 2. The number of aromatic amines is 1. The number of methoxy groups -OCH3 is 1. The highest BCUT2D eigenvalue weighted by Crippen LogP contribution is 2.30. The number of hydrogen-bond acceptors (Lipinski definition) is 6. The van der Waals surface area contributed by atoms with E-state index in [4.69, 9.17) is 4.74 Å². The van der Waals surface area contributed by atoms with Crippen LogP contribution in [0.1, 0.15) is 11.4 Å². The standard InChI is InChI=1S/C25H22F3N5O2/c1-35-23-8-17-20(9-21(23)31-22-12-29-11-18(22)28)32-24(33-25(17)34)4-13-2-3-19(30-10-13)14-5-15(26)7-16(27)6-14/h2-3,5-10,18,22,29,31H,4,11-12H2,1H3,(H,32,33,34). The average molecular weight is 481 g/mol. The van der Waals surface area contributed by atoms with Crippen LogP contribution >= 0.6 is 0 Å². The third-order valence-electron chi connectivity index (χ3n) is 5.91. The molecule has 0 spiro atoms. The first-order valence-electron chi connectivity index (χ1n) is 11.0. The summed E-state index contributed by atoms with van der Waals surface area (Å²) in [5, 5.41) is 6.48. The molecule has 2 unspecified atom stereocenters. The zero-order chi connectivity index (χ0) is 24.5. The van der Waals surface area contributed by atoms with E-state index in [1.807, 2.05) is 0 Å². The molecule has 10 heteroatoms. The number of anilines is 1. The second kappa shape index (κ2) is 9.38. The summed E-state index contributed by atoms with van der Waals surface area (Å²) in [4.78, 5) is 24.4. The van der Waals surface area contributed by atoms with Crippen molar-refractivity contribution in [3.05, 3.63) is 82.0 Å². The SMILES string of the molecule is COc1cc2c(=O)[nH]c(Cc3ccc(-c4cc(F)cc(F)c4)nc3)nc2cc1NC1CNCC1F. The number of hydrogen-bond donors (Lipinski definition) is 3. The van der Waals surface area contributed by atoms with Gasteiger partial charge in [0.25, 0.3) is 5.56 Å². The van der Waals surface area contributed by atoms with Crippen LogP contribution in [-0.2, 0) is 6.42 Å². The van der Waals surface area contributed by atoms with E-state index in [2.05, 4.69) is 25.6 Å². The lowest BCUT2D eigenvalue weighted by atomic mass is 10.1. The zero-order valence-electron chi connectivity index (χ0n) is 18.7. The highest BCUT2D eigenvalue weighted by atomic mass is 19.1. The van der Waals surface area contributed by atoms with E-state index >= 15 is 0 Å². The van der Waals surface area contributed by atoms with Crippen molar-refractivity contribution in [1.82, 2.24) is 20.3 Å². The fourth-order valence-corrected chi connectivity index (χ4v) is 4.16. The van der Waals surface area contributed by atoms with Gasteiger partial charge in [-0.2, -0.15) is 0 Å². The topological polar surface area (TPSA) is 91.9 Å². The Hall–Kier alpha value is -3.92. The molecule has 3 N–H and O–H groups in total. The number of rotatable bonds is 6. The van der Waals surface area contributed by atoms with Crippen LogP contribution in [0.2, 0.25) is 0 Å². The molecule has 4 aromatic rings. The predicted octanol–water partition coefficient (Wildman–Crippen LogP) is 3.58. The first-order chi connectivity index (χ1) is 16.9. The molecule has 5 rings (SSSR count). The van der Waals surface area contributed by atoms with E-state index in [1.54, 1.807) is 30.5 Å². The van der Waals surface area contributed by atoms with Gasteiger partial charge >= 0.3 is 0 Å². The van der Waals surface area contributed by atoms with Gasteiger partial charge in [-0.1, -0.05) is 6.07 Å². The molecule has 1 fully saturated rings. The minimum absolute atomic E-state index is 0.274. The smallest absolute Gasteiger partial charge is 0.258 e.